The summed E-state index contributed by atoms with van der Waals surface area (Å²) in [7, 11) is 0. The van der Waals surface area contributed by atoms with Crippen LogP contribution >= 0.6 is 0 Å². The van der Waals surface area contributed by atoms with Gasteiger partial charge in [-0.15, -0.1) is 0 Å². The maximum atomic E-state index is 11.6. The van der Waals surface area contributed by atoms with Crippen molar-refractivity contribution in [3.63, 3.8) is 0 Å². The second kappa shape index (κ2) is 4.54. The van der Waals surface area contributed by atoms with Crippen molar-refractivity contribution in [2.24, 2.45) is 10.7 Å². The maximum Gasteiger partial charge on any atom is 0.284 e. The van der Waals surface area contributed by atoms with Crippen LogP contribution in [-0.2, 0) is 9.59 Å². The number of aromatic nitrogens is 2. The van der Waals surface area contributed by atoms with Crippen molar-refractivity contribution >= 4 is 34.8 Å². The molecule has 1 aliphatic rings. The van der Waals surface area contributed by atoms with E-state index in [0.29, 0.717) is 11.2 Å². The van der Waals surface area contributed by atoms with E-state index in [4.69, 9.17) is 5.73 Å². The molecule has 0 unspecified atom stereocenters. The molecular weight excluding hydrogens is 258 g/mol. The highest BCUT2D eigenvalue weighted by molar-refractivity contribution is 6.43. The molecule has 3 N–H and O–H groups in total. The number of nitrogens with one attached hydrogen (secondary N) is 1. The number of fused-ring (bicyclic) bond motifs is 1. The standard InChI is InChI=1S/C13H9N5O2/c14-11(19)12-17-10(13(20)18-12)6-7-3-4-8-9(16-7)2-1-5-15-8/h1-6H,(H2,14,19)(H,17,18,20). The molecule has 2 aromatic heterocycles. The number of amidine groups is 1. The van der Waals surface area contributed by atoms with Gasteiger partial charge in [0.2, 0.25) is 0 Å². The van der Waals surface area contributed by atoms with Crippen LogP contribution in [0.15, 0.2) is 41.2 Å². The van der Waals surface area contributed by atoms with Gasteiger partial charge in [-0.3, -0.25) is 14.6 Å². The summed E-state index contributed by atoms with van der Waals surface area (Å²) in [6.07, 6.45) is 3.16. The molecular formula is C13H9N5O2. The van der Waals surface area contributed by atoms with Crippen LogP contribution in [0.5, 0.6) is 0 Å². The molecule has 0 atom stereocenters. The fourth-order valence-electron chi connectivity index (χ4n) is 1.78. The highest BCUT2D eigenvalue weighted by Gasteiger charge is 2.23. The minimum Gasteiger partial charge on any atom is -0.363 e. The second-order valence-electron chi connectivity index (χ2n) is 4.09. The molecule has 0 radical (unpaired) electrons. The van der Waals surface area contributed by atoms with Crippen LogP contribution in [0, 0.1) is 0 Å². The average molecular weight is 267 g/mol. The number of primary amides is 1. The summed E-state index contributed by atoms with van der Waals surface area (Å²) in [4.78, 5) is 34.9. The summed E-state index contributed by atoms with van der Waals surface area (Å²) in [5.74, 6) is -1.42. The van der Waals surface area contributed by atoms with Crippen molar-refractivity contribution < 1.29 is 9.59 Å². The van der Waals surface area contributed by atoms with Crippen molar-refractivity contribution in [2.75, 3.05) is 0 Å². The van der Waals surface area contributed by atoms with Crippen molar-refractivity contribution in [1.82, 2.24) is 15.3 Å². The molecule has 3 heterocycles. The number of hydrogen-bond acceptors (Lipinski definition) is 5. The van der Waals surface area contributed by atoms with E-state index >= 15 is 0 Å². The normalized spacial score (nSPS) is 16.3. The lowest BCUT2D eigenvalue weighted by molar-refractivity contribution is -0.117. The number of hydrogen-bond donors (Lipinski definition) is 2. The van der Waals surface area contributed by atoms with Gasteiger partial charge in [0.05, 0.1) is 16.7 Å². The zero-order valence-corrected chi connectivity index (χ0v) is 10.2. The Bertz CT molecular complexity index is 794. The van der Waals surface area contributed by atoms with Crippen molar-refractivity contribution in [3.05, 3.63) is 41.9 Å². The van der Waals surface area contributed by atoms with Crippen LogP contribution in [0.25, 0.3) is 17.1 Å². The zero-order valence-electron chi connectivity index (χ0n) is 10.2. The largest absolute Gasteiger partial charge is 0.363 e. The Labute approximate surface area is 113 Å². The van der Waals surface area contributed by atoms with Crippen LogP contribution in [0.3, 0.4) is 0 Å². The summed E-state index contributed by atoms with van der Waals surface area (Å²) < 4.78 is 0. The molecule has 1 aliphatic heterocycles. The molecule has 2 aromatic rings. The number of nitrogens with zero attached hydrogens (tertiary/aromatic N) is 3. The number of pyridine rings is 2. The van der Waals surface area contributed by atoms with Gasteiger partial charge < -0.3 is 11.1 Å². The minimum absolute atomic E-state index is 0.0922. The van der Waals surface area contributed by atoms with Gasteiger partial charge in [0.25, 0.3) is 11.8 Å². The van der Waals surface area contributed by atoms with Gasteiger partial charge in [0, 0.05) is 6.20 Å². The molecule has 0 aromatic carbocycles. The first-order valence-electron chi connectivity index (χ1n) is 5.77. The van der Waals surface area contributed by atoms with Crippen LogP contribution in [0.4, 0.5) is 0 Å². The van der Waals surface area contributed by atoms with Crippen LogP contribution in [-0.4, -0.2) is 27.6 Å². The third-order valence-electron chi connectivity index (χ3n) is 2.69. The Morgan fingerprint density at radius 3 is 2.85 bits per heavy atom. The highest BCUT2D eigenvalue weighted by Crippen LogP contribution is 2.14. The molecule has 0 fully saturated rings. The topological polar surface area (TPSA) is 110 Å². The lowest BCUT2D eigenvalue weighted by Crippen LogP contribution is -2.35. The Balaban J connectivity index is 2.01. The molecule has 0 saturated carbocycles. The van der Waals surface area contributed by atoms with Gasteiger partial charge in [-0.1, -0.05) is 0 Å². The average Bonchev–Trinajstić information content (AvgIpc) is 2.80. The molecule has 7 nitrogen and oxygen atoms in total. The van der Waals surface area contributed by atoms with Gasteiger partial charge in [-0.25, -0.2) is 9.98 Å². The number of carbonyl (C=O) groups excluding carboxylic acids is 2. The number of amides is 2. The maximum absolute atomic E-state index is 11.6. The Morgan fingerprint density at radius 1 is 1.25 bits per heavy atom. The first-order chi connectivity index (χ1) is 9.63. The van der Waals surface area contributed by atoms with E-state index in [2.05, 4.69) is 20.3 Å². The fraction of sp³-hybridized carbons (Fsp3) is 0. The first-order valence-corrected chi connectivity index (χ1v) is 5.77. The van der Waals surface area contributed by atoms with Crippen molar-refractivity contribution in [2.45, 2.75) is 0 Å². The number of rotatable bonds is 2. The summed E-state index contributed by atoms with van der Waals surface area (Å²) >= 11 is 0. The Kier molecular flexibility index (Phi) is 2.72. The van der Waals surface area contributed by atoms with Gasteiger partial charge >= 0.3 is 0 Å². The molecule has 0 bridgehead atoms. The first kappa shape index (κ1) is 12.0. The second-order valence-corrected chi connectivity index (χ2v) is 4.09. The highest BCUT2D eigenvalue weighted by atomic mass is 16.2. The predicted molar refractivity (Wildman–Crippen MR) is 72.3 cm³/mol. The van der Waals surface area contributed by atoms with E-state index in [9.17, 15) is 9.59 Å². The monoisotopic (exact) mass is 267 g/mol. The minimum atomic E-state index is -0.780. The third kappa shape index (κ3) is 2.12. The van der Waals surface area contributed by atoms with Crippen molar-refractivity contribution in [3.8, 4) is 0 Å². The van der Waals surface area contributed by atoms with E-state index in [1.54, 1.807) is 24.4 Å². The number of aliphatic imine (C=N–C) groups is 1. The van der Waals surface area contributed by atoms with Gasteiger partial charge in [0.1, 0.15) is 5.70 Å². The predicted octanol–water partition coefficient (Wildman–Crippen LogP) is -0.0157. The van der Waals surface area contributed by atoms with Crippen LogP contribution in [0.1, 0.15) is 5.69 Å². The lowest BCUT2D eigenvalue weighted by Gasteiger charge is -1.98. The van der Waals surface area contributed by atoms with Gasteiger partial charge in [-0.2, -0.15) is 0 Å². The van der Waals surface area contributed by atoms with E-state index in [0.717, 1.165) is 5.52 Å². The molecule has 2 amide bonds. The fourth-order valence-corrected chi connectivity index (χ4v) is 1.78. The van der Waals surface area contributed by atoms with Gasteiger partial charge in [0.15, 0.2) is 5.84 Å². The van der Waals surface area contributed by atoms with Crippen molar-refractivity contribution in [1.29, 1.82) is 0 Å². The SMILES string of the molecule is NC(=O)C1=NC(=Cc2ccc3ncccc3n2)C(=O)N1. The van der Waals surface area contributed by atoms with E-state index in [1.807, 2.05) is 6.07 Å². The van der Waals surface area contributed by atoms with Gasteiger partial charge in [-0.05, 0) is 30.3 Å². The van der Waals surface area contributed by atoms with E-state index < -0.39 is 11.8 Å². The molecule has 0 spiro atoms. The zero-order chi connectivity index (χ0) is 14.1. The van der Waals surface area contributed by atoms with Crippen LogP contribution < -0.4 is 11.1 Å². The van der Waals surface area contributed by atoms with Crippen LogP contribution in [0.2, 0.25) is 0 Å². The summed E-state index contributed by atoms with van der Waals surface area (Å²) in [5, 5.41) is 2.29. The van der Waals surface area contributed by atoms with E-state index in [-0.39, 0.29) is 11.5 Å². The molecule has 3 rings (SSSR count). The Hall–Kier alpha value is -3.09. The quantitative estimate of drug-likeness (QED) is 0.745. The molecule has 20 heavy (non-hydrogen) atoms. The Morgan fingerprint density at radius 2 is 2.10 bits per heavy atom. The summed E-state index contributed by atoms with van der Waals surface area (Å²) in [6.45, 7) is 0. The molecule has 7 heteroatoms. The number of nitrogens with two attached hydrogens (primary N) is 1. The lowest BCUT2D eigenvalue weighted by atomic mass is 10.2. The summed E-state index contributed by atoms with van der Waals surface area (Å²) in [6, 6.07) is 7.10. The molecule has 0 aliphatic carbocycles. The molecule has 98 valence electrons. The summed E-state index contributed by atoms with van der Waals surface area (Å²) in [5.41, 5.74) is 7.16. The molecule has 0 saturated heterocycles. The van der Waals surface area contributed by atoms with E-state index in [1.165, 1.54) is 6.08 Å². The smallest absolute Gasteiger partial charge is 0.284 e. The number of carbonyl (C=O) groups is 2. The third-order valence-corrected chi connectivity index (χ3v) is 2.69.